The van der Waals surface area contributed by atoms with Crippen molar-refractivity contribution in [3.8, 4) is 5.75 Å². The van der Waals surface area contributed by atoms with Gasteiger partial charge in [0.15, 0.2) is 6.61 Å². The molecular formula is C25H32N2O4. The molecule has 0 radical (unpaired) electrons. The lowest BCUT2D eigenvalue weighted by Gasteiger charge is -2.26. The van der Waals surface area contributed by atoms with Gasteiger partial charge in [-0.15, -0.1) is 0 Å². The predicted molar refractivity (Wildman–Crippen MR) is 121 cm³/mol. The Labute approximate surface area is 184 Å². The van der Waals surface area contributed by atoms with Crippen molar-refractivity contribution in [2.45, 2.75) is 64.2 Å². The summed E-state index contributed by atoms with van der Waals surface area (Å²) in [6.07, 6.45) is 11.9. The molecule has 0 bridgehead atoms. The van der Waals surface area contributed by atoms with Crippen molar-refractivity contribution in [3.63, 3.8) is 0 Å². The molecule has 0 saturated heterocycles. The Morgan fingerprint density at radius 2 is 2.16 bits per heavy atom. The van der Waals surface area contributed by atoms with Crippen molar-refractivity contribution in [2.75, 3.05) is 13.2 Å². The molecule has 1 aromatic heterocycles. The van der Waals surface area contributed by atoms with Crippen LogP contribution in [0.3, 0.4) is 0 Å². The fraction of sp³-hybridized carbons (Fsp3) is 0.480. The molecule has 1 aliphatic rings. The molecule has 1 unspecified atom stereocenters. The summed E-state index contributed by atoms with van der Waals surface area (Å²) in [5.74, 6) is 0.104. The van der Waals surface area contributed by atoms with E-state index in [4.69, 9.17) is 14.7 Å². The summed E-state index contributed by atoms with van der Waals surface area (Å²) in [6.45, 7) is 2.42. The van der Waals surface area contributed by atoms with Crippen LogP contribution in [0, 0.1) is 0 Å². The molecule has 1 atom stereocenters. The second-order valence-electron chi connectivity index (χ2n) is 7.95. The van der Waals surface area contributed by atoms with Crippen molar-refractivity contribution < 1.29 is 19.5 Å². The van der Waals surface area contributed by atoms with Crippen molar-refractivity contribution in [2.24, 2.45) is 5.16 Å². The van der Waals surface area contributed by atoms with Crippen molar-refractivity contribution >= 4 is 11.7 Å². The third kappa shape index (κ3) is 6.81. The van der Waals surface area contributed by atoms with E-state index in [2.05, 4.69) is 23.1 Å². The first-order valence-corrected chi connectivity index (χ1v) is 11.2. The monoisotopic (exact) mass is 424 g/mol. The summed E-state index contributed by atoms with van der Waals surface area (Å²) < 4.78 is 5.51. The average Bonchev–Trinajstić information content (AvgIpc) is 2.80. The van der Waals surface area contributed by atoms with Crippen molar-refractivity contribution in [1.29, 1.82) is 0 Å². The predicted octanol–water partition coefficient (Wildman–Crippen LogP) is 5.36. The number of unbranched alkanes of at least 4 members (excludes halogenated alkanes) is 2. The van der Waals surface area contributed by atoms with Gasteiger partial charge in [0.05, 0.1) is 5.71 Å². The van der Waals surface area contributed by atoms with Crippen LogP contribution in [-0.4, -0.2) is 35.0 Å². The number of hydrogen-bond donors (Lipinski definition) is 1. The van der Waals surface area contributed by atoms with Crippen LogP contribution in [-0.2, 0) is 16.1 Å². The highest BCUT2D eigenvalue weighted by atomic mass is 16.6. The molecule has 1 aromatic carbocycles. The number of carboxylic acids is 1. The van der Waals surface area contributed by atoms with Gasteiger partial charge in [0.1, 0.15) is 12.4 Å². The number of rotatable bonds is 12. The zero-order chi connectivity index (χ0) is 21.9. The zero-order valence-corrected chi connectivity index (χ0v) is 18.3. The molecule has 0 saturated carbocycles. The minimum Gasteiger partial charge on any atom is -0.482 e. The summed E-state index contributed by atoms with van der Waals surface area (Å²) in [4.78, 5) is 20.8. The van der Waals surface area contributed by atoms with Crippen LogP contribution in [0.4, 0.5) is 0 Å². The number of aliphatic carboxylic acids is 1. The molecule has 1 N–H and O–H groups in total. The number of ether oxygens (including phenoxy) is 1. The van der Waals surface area contributed by atoms with Crippen molar-refractivity contribution in [1.82, 2.24) is 4.98 Å². The van der Waals surface area contributed by atoms with Gasteiger partial charge in [-0.25, -0.2) is 4.79 Å². The van der Waals surface area contributed by atoms with Gasteiger partial charge in [0.2, 0.25) is 0 Å². The lowest BCUT2D eigenvalue weighted by atomic mass is 9.81. The van der Waals surface area contributed by atoms with E-state index >= 15 is 0 Å². The number of fused-ring (bicyclic) bond motifs is 1. The average molecular weight is 425 g/mol. The van der Waals surface area contributed by atoms with Crippen LogP contribution in [0.25, 0.3) is 0 Å². The Morgan fingerprint density at radius 1 is 1.26 bits per heavy atom. The van der Waals surface area contributed by atoms with E-state index in [0.29, 0.717) is 18.3 Å². The number of carboxylic acid groups (broad SMARTS) is 1. The quantitative estimate of drug-likeness (QED) is 0.282. The minimum absolute atomic E-state index is 0.311. The molecule has 3 rings (SSSR count). The molecule has 0 fully saturated rings. The molecule has 6 heteroatoms. The van der Waals surface area contributed by atoms with Crippen molar-refractivity contribution in [3.05, 3.63) is 59.4 Å². The molecule has 0 amide bonds. The van der Waals surface area contributed by atoms with Gasteiger partial charge in [-0.05, 0) is 73.8 Å². The zero-order valence-electron chi connectivity index (χ0n) is 18.3. The fourth-order valence-corrected chi connectivity index (χ4v) is 4.13. The molecule has 6 nitrogen and oxygen atoms in total. The number of pyridine rings is 1. The van der Waals surface area contributed by atoms with Gasteiger partial charge in [-0.1, -0.05) is 37.1 Å². The third-order valence-electron chi connectivity index (χ3n) is 5.68. The van der Waals surface area contributed by atoms with Crippen LogP contribution < -0.4 is 4.74 Å². The summed E-state index contributed by atoms with van der Waals surface area (Å²) in [7, 11) is 0. The maximum absolute atomic E-state index is 10.9. The van der Waals surface area contributed by atoms with E-state index in [1.807, 2.05) is 30.5 Å². The van der Waals surface area contributed by atoms with E-state index in [1.165, 1.54) is 18.4 Å². The first-order valence-electron chi connectivity index (χ1n) is 11.2. The van der Waals surface area contributed by atoms with E-state index < -0.39 is 5.97 Å². The number of aromatic nitrogens is 1. The molecule has 0 aliphatic heterocycles. The summed E-state index contributed by atoms with van der Waals surface area (Å²) in [6, 6.07) is 9.88. The number of carbonyl (C=O) groups is 1. The SMILES string of the molecule is CCCCC/C(=N/OCCC1CCCc2c(OCC(=O)O)cccc21)c1cccnc1. The van der Waals surface area contributed by atoms with Crippen LogP contribution in [0.1, 0.15) is 74.5 Å². The Bertz CT molecular complexity index is 867. The van der Waals surface area contributed by atoms with Gasteiger partial charge >= 0.3 is 5.97 Å². The second-order valence-corrected chi connectivity index (χ2v) is 7.95. The van der Waals surface area contributed by atoms with Gasteiger partial charge < -0.3 is 14.7 Å². The molecule has 31 heavy (non-hydrogen) atoms. The Balaban J connectivity index is 1.61. The van der Waals surface area contributed by atoms with Crippen LogP contribution in [0.5, 0.6) is 5.75 Å². The first-order chi connectivity index (χ1) is 15.2. The smallest absolute Gasteiger partial charge is 0.341 e. The molecule has 0 spiro atoms. The Kier molecular flexibility index (Phi) is 8.88. The number of nitrogens with zero attached hydrogens (tertiary/aromatic N) is 2. The van der Waals surface area contributed by atoms with Crippen LogP contribution in [0.15, 0.2) is 47.9 Å². The van der Waals surface area contributed by atoms with E-state index in [0.717, 1.165) is 55.4 Å². The molecule has 2 aromatic rings. The van der Waals surface area contributed by atoms with Crippen LogP contribution in [0.2, 0.25) is 0 Å². The molecule has 1 heterocycles. The topological polar surface area (TPSA) is 81.0 Å². The fourth-order valence-electron chi connectivity index (χ4n) is 4.13. The first kappa shape index (κ1) is 22.8. The maximum Gasteiger partial charge on any atom is 0.341 e. The maximum atomic E-state index is 10.9. The third-order valence-corrected chi connectivity index (χ3v) is 5.68. The summed E-state index contributed by atoms with van der Waals surface area (Å²) in [5, 5.41) is 13.4. The minimum atomic E-state index is -0.959. The number of benzene rings is 1. The molecular weight excluding hydrogens is 392 g/mol. The van der Waals surface area contributed by atoms with Crippen LogP contribution >= 0.6 is 0 Å². The Morgan fingerprint density at radius 3 is 2.94 bits per heavy atom. The highest BCUT2D eigenvalue weighted by molar-refractivity contribution is 5.99. The van der Waals surface area contributed by atoms with Gasteiger partial charge in [0, 0.05) is 18.0 Å². The lowest BCUT2D eigenvalue weighted by Crippen LogP contribution is -2.15. The second kappa shape index (κ2) is 12.1. The standard InChI is InChI=1S/C25H32N2O4/c1-2-3-4-12-23(20-9-7-15-26-17-20)27-31-16-14-19-8-5-11-22-21(19)10-6-13-24(22)30-18-25(28)29/h6-7,9-10,13,15,17,19H,2-5,8,11-12,14,16,18H2,1H3,(H,28,29)/b27-23-. The van der Waals surface area contributed by atoms with E-state index in [1.54, 1.807) is 6.20 Å². The van der Waals surface area contributed by atoms with Gasteiger partial charge in [-0.2, -0.15) is 0 Å². The number of hydrogen-bond acceptors (Lipinski definition) is 5. The van der Waals surface area contributed by atoms with E-state index in [9.17, 15) is 4.79 Å². The summed E-state index contributed by atoms with van der Waals surface area (Å²) in [5.41, 5.74) is 4.35. The highest BCUT2D eigenvalue weighted by Crippen LogP contribution is 2.38. The largest absolute Gasteiger partial charge is 0.482 e. The Hall–Kier alpha value is -2.89. The number of oxime groups is 1. The molecule has 166 valence electrons. The highest BCUT2D eigenvalue weighted by Gasteiger charge is 2.23. The summed E-state index contributed by atoms with van der Waals surface area (Å²) >= 11 is 0. The van der Waals surface area contributed by atoms with E-state index in [-0.39, 0.29) is 6.61 Å². The van der Waals surface area contributed by atoms with Gasteiger partial charge in [-0.3, -0.25) is 4.98 Å². The van der Waals surface area contributed by atoms with Gasteiger partial charge in [0.25, 0.3) is 0 Å². The normalized spacial score (nSPS) is 15.9. The molecule has 1 aliphatic carbocycles. The lowest BCUT2D eigenvalue weighted by molar-refractivity contribution is -0.139.